The Morgan fingerprint density at radius 1 is 1.09 bits per heavy atom. The monoisotopic (exact) mass is 483 g/mol. The number of carbonyl (C=O) groups excluding carboxylic acids is 2. The molecule has 0 saturated heterocycles. The minimum absolute atomic E-state index is 0.0782. The molecular formula is C21H37N7O2S2. The van der Waals surface area contributed by atoms with Gasteiger partial charge in [0.15, 0.2) is 5.96 Å². The summed E-state index contributed by atoms with van der Waals surface area (Å²) in [7, 11) is 1.58. The maximum absolute atomic E-state index is 11.5. The largest absolute Gasteiger partial charge is 0.370 e. The number of guanidine groups is 1. The van der Waals surface area contributed by atoms with Crippen molar-refractivity contribution in [1.29, 1.82) is 0 Å². The molecule has 9 nitrogen and oxygen atoms in total. The van der Waals surface area contributed by atoms with Gasteiger partial charge in [-0.25, -0.2) is 9.97 Å². The molecule has 6 N–H and O–H groups in total. The number of aromatic nitrogens is 2. The number of hydrogen-bond acceptors (Lipinski definition) is 7. The van der Waals surface area contributed by atoms with Gasteiger partial charge in [0.05, 0.1) is 5.01 Å². The van der Waals surface area contributed by atoms with Crippen molar-refractivity contribution < 1.29 is 9.59 Å². The first-order chi connectivity index (χ1) is 15.4. The number of rotatable bonds is 10. The maximum atomic E-state index is 11.5. The summed E-state index contributed by atoms with van der Waals surface area (Å²) in [4.78, 5) is 35.4. The van der Waals surface area contributed by atoms with E-state index in [4.69, 9.17) is 11.5 Å². The number of nitrogens with two attached hydrogens (primary N) is 2. The third kappa shape index (κ3) is 12.4. The van der Waals surface area contributed by atoms with Gasteiger partial charge < -0.3 is 22.1 Å². The van der Waals surface area contributed by atoms with Crippen LogP contribution in [0, 0.1) is 0 Å². The number of carbonyl (C=O) groups is 2. The van der Waals surface area contributed by atoms with E-state index >= 15 is 0 Å². The third-order valence-electron chi connectivity index (χ3n) is 3.68. The molecule has 2 amide bonds. The van der Waals surface area contributed by atoms with Crippen LogP contribution >= 0.6 is 22.7 Å². The van der Waals surface area contributed by atoms with E-state index in [1.54, 1.807) is 12.4 Å². The Kier molecular flexibility index (Phi) is 16.7. The minimum atomic E-state index is -0.198. The molecule has 2 aromatic rings. The second-order valence-electron chi connectivity index (χ2n) is 6.25. The molecule has 0 spiro atoms. The normalized spacial score (nSPS) is 9.53. The summed E-state index contributed by atoms with van der Waals surface area (Å²) in [6, 6.07) is 0. The van der Waals surface area contributed by atoms with Gasteiger partial charge in [-0.05, 0) is 12.8 Å². The number of aliphatic imine (C=N–C) groups is 1. The molecule has 0 aliphatic rings. The fourth-order valence-electron chi connectivity index (χ4n) is 2.14. The van der Waals surface area contributed by atoms with Gasteiger partial charge in [-0.1, -0.05) is 34.1 Å². The van der Waals surface area contributed by atoms with Gasteiger partial charge >= 0.3 is 0 Å². The Balaban J connectivity index is 0.000000814. The molecule has 2 aromatic heterocycles. The molecule has 0 aliphatic heterocycles. The summed E-state index contributed by atoms with van der Waals surface area (Å²) in [5.41, 5.74) is 11.3. The Hall–Kier alpha value is -2.53. The Labute approximate surface area is 199 Å². The molecule has 2 rings (SSSR count). The summed E-state index contributed by atoms with van der Waals surface area (Å²) in [6.45, 7) is 9.43. The van der Waals surface area contributed by atoms with Gasteiger partial charge in [0.2, 0.25) is 5.91 Å². The quantitative estimate of drug-likeness (QED) is 0.232. The summed E-state index contributed by atoms with van der Waals surface area (Å²) in [5.74, 6) is 0.0736. The molecule has 0 fully saturated rings. The standard InChI is InChI=1S/C14H18N4O2S2.C5H13N3.C2H6/c1-3-4-11(19)16-6-5-12-17-10(8-21-12)14-18-9(7-22-14)13(20)15-2;1-2-3-4-8-5(6)7;1-2/h7-8H,3-6H2,1-2H3,(H,15,20)(H,16,19);2-4H2,1H3,(H4,6,7,8);1-2H3. The fraction of sp³-hybridized carbons (Fsp3) is 0.571. The van der Waals surface area contributed by atoms with E-state index in [9.17, 15) is 9.59 Å². The van der Waals surface area contributed by atoms with Gasteiger partial charge in [0.25, 0.3) is 5.91 Å². The molecular weight excluding hydrogens is 446 g/mol. The predicted molar refractivity (Wildman–Crippen MR) is 135 cm³/mol. The number of nitrogens with one attached hydrogen (secondary N) is 2. The number of hydrogen-bond donors (Lipinski definition) is 4. The molecule has 32 heavy (non-hydrogen) atoms. The highest BCUT2D eigenvalue weighted by Crippen LogP contribution is 2.25. The molecule has 0 saturated carbocycles. The number of nitrogens with zero attached hydrogens (tertiary/aromatic N) is 3. The lowest BCUT2D eigenvalue weighted by molar-refractivity contribution is -0.121. The molecule has 0 atom stereocenters. The van der Waals surface area contributed by atoms with E-state index in [1.807, 2.05) is 26.2 Å². The lowest BCUT2D eigenvalue weighted by atomic mass is 10.3. The van der Waals surface area contributed by atoms with Gasteiger partial charge in [0, 0.05) is 43.7 Å². The van der Waals surface area contributed by atoms with Crippen LogP contribution < -0.4 is 22.1 Å². The van der Waals surface area contributed by atoms with E-state index in [2.05, 4.69) is 32.5 Å². The van der Waals surface area contributed by atoms with Crippen molar-refractivity contribution >= 4 is 40.4 Å². The van der Waals surface area contributed by atoms with E-state index in [0.29, 0.717) is 25.1 Å². The highest BCUT2D eigenvalue weighted by molar-refractivity contribution is 7.14. The zero-order valence-electron chi connectivity index (χ0n) is 19.7. The Morgan fingerprint density at radius 2 is 1.81 bits per heavy atom. The average Bonchev–Trinajstić information content (AvgIpc) is 3.45. The summed E-state index contributed by atoms with van der Waals surface area (Å²) >= 11 is 2.93. The molecule has 0 aromatic carbocycles. The topological polar surface area (TPSA) is 148 Å². The van der Waals surface area contributed by atoms with Crippen molar-refractivity contribution in [3.05, 3.63) is 21.5 Å². The lowest BCUT2D eigenvalue weighted by Gasteiger charge is -2.01. The van der Waals surface area contributed by atoms with Crippen molar-refractivity contribution in [1.82, 2.24) is 20.6 Å². The highest BCUT2D eigenvalue weighted by Gasteiger charge is 2.12. The molecule has 0 unspecified atom stereocenters. The van der Waals surface area contributed by atoms with Gasteiger partial charge in [0.1, 0.15) is 16.4 Å². The van der Waals surface area contributed by atoms with E-state index in [1.165, 1.54) is 22.7 Å². The van der Waals surface area contributed by atoms with Crippen LogP contribution in [0.4, 0.5) is 0 Å². The lowest BCUT2D eigenvalue weighted by Crippen LogP contribution is -2.25. The van der Waals surface area contributed by atoms with Gasteiger partial charge in [-0.15, -0.1) is 22.7 Å². The van der Waals surface area contributed by atoms with Crippen LogP contribution in [0.1, 0.15) is 68.9 Å². The van der Waals surface area contributed by atoms with Crippen LogP contribution in [0.25, 0.3) is 10.7 Å². The SMILES string of the molecule is CC.CCCC(=O)NCCc1nc(-c2nc(C(=O)NC)cs2)cs1.CCCCN=C(N)N. The second-order valence-corrected chi connectivity index (χ2v) is 8.05. The minimum Gasteiger partial charge on any atom is -0.370 e. The van der Waals surface area contributed by atoms with Crippen molar-refractivity contribution in [3.63, 3.8) is 0 Å². The van der Waals surface area contributed by atoms with Crippen LogP contribution in [0.5, 0.6) is 0 Å². The summed E-state index contributed by atoms with van der Waals surface area (Å²) in [5, 5.41) is 10.7. The van der Waals surface area contributed by atoms with Gasteiger partial charge in [-0.3, -0.25) is 14.6 Å². The van der Waals surface area contributed by atoms with Crippen LogP contribution in [-0.4, -0.2) is 47.9 Å². The zero-order chi connectivity index (χ0) is 24.4. The molecule has 0 bridgehead atoms. The summed E-state index contributed by atoms with van der Waals surface area (Å²) < 4.78 is 0. The van der Waals surface area contributed by atoms with Crippen LogP contribution in [0.3, 0.4) is 0 Å². The van der Waals surface area contributed by atoms with Crippen molar-refractivity contribution in [2.75, 3.05) is 20.1 Å². The second kappa shape index (κ2) is 18.1. The molecule has 0 aliphatic carbocycles. The third-order valence-corrected chi connectivity index (χ3v) is 5.45. The molecule has 0 radical (unpaired) electrons. The first kappa shape index (κ1) is 29.5. The predicted octanol–water partition coefficient (Wildman–Crippen LogP) is 3.17. The van der Waals surface area contributed by atoms with E-state index in [-0.39, 0.29) is 17.8 Å². The van der Waals surface area contributed by atoms with Gasteiger partial charge in [-0.2, -0.15) is 0 Å². The van der Waals surface area contributed by atoms with Crippen molar-refractivity contribution in [3.8, 4) is 10.7 Å². The fourth-order valence-corrected chi connectivity index (χ4v) is 3.76. The first-order valence-electron chi connectivity index (χ1n) is 10.9. The average molecular weight is 484 g/mol. The van der Waals surface area contributed by atoms with Crippen LogP contribution in [-0.2, 0) is 11.2 Å². The van der Waals surface area contributed by atoms with Crippen molar-refractivity contribution in [2.24, 2.45) is 16.5 Å². The number of thiazole rings is 2. The molecule has 11 heteroatoms. The smallest absolute Gasteiger partial charge is 0.270 e. The first-order valence-corrected chi connectivity index (χ1v) is 12.6. The van der Waals surface area contributed by atoms with E-state index in [0.717, 1.165) is 41.5 Å². The zero-order valence-corrected chi connectivity index (χ0v) is 21.4. The number of amides is 2. The highest BCUT2D eigenvalue weighted by atomic mass is 32.1. The van der Waals surface area contributed by atoms with Crippen molar-refractivity contribution in [2.45, 2.75) is 59.8 Å². The van der Waals surface area contributed by atoms with E-state index < -0.39 is 0 Å². The maximum Gasteiger partial charge on any atom is 0.270 e. The summed E-state index contributed by atoms with van der Waals surface area (Å²) in [6.07, 6.45) is 4.32. The number of unbranched alkanes of at least 4 members (excludes halogenated alkanes) is 1. The molecule has 2 heterocycles. The Bertz CT molecular complexity index is 815. The van der Waals surface area contributed by atoms with Crippen LogP contribution in [0.15, 0.2) is 15.8 Å². The molecule has 180 valence electrons. The van der Waals surface area contributed by atoms with Crippen LogP contribution in [0.2, 0.25) is 0 Å². The Morgan fingerprint density at radius 3 is 2.41 bits per heavy atom.